The van der Waals surface area contributed by atoms with E-state index in [1.165, 1.54) is 18.2 Å². The van der Waals surface area contributed by atoms with Crippen molar-refractivity contribution in [2.45, 2.75) is 6.92 Å². The Labute approximate surface area is 110 Å². The number of aromatic amines is 1. The average Bonchev–Trinajstić information content (AvgIpc) is 2.78. The van der Waals surface area contributed by atoms with E-state index in [9.17, 15) is 9.18 Å². The van der Waals surface area contributed by atoms with Crippen molar-refractivity contribution in [3.8, 4) is 11.3 Å². The van der Waals surface area contributed by atoms with E-state index in [1.54, 1.807) is 6.92 Å². The van der Waals surface area contributed by atoms with Crippen molar-refractivity contribution >= 4 is 21.9 Å². The van der Waals surface area contributed by atoms with Gasteiger partial charge in [0.15, 0.2) is 5.69 Å². The van der Waals surface area contributed by atoms with Crippen molar-refractivity contribution in [2.75, 3.05) is 6.61 Å². The fourth-order valence-electron chi connectivity index (χ4n) is 1.44. The van der Waals surface area contributed by atoms with Gasteiger partial charge in [0.25, 0.3) is 0 Å². The van der Waals surface area contributed by atoms with Gasteiger partial charge in [0.2, 0.25) is 0 Å². The fourth-order valence-corrected chi connectivity index (χ4v) is 1.98. The second-order valence-corrected chi connectivity index (χ2v) is 4.22. The minimum atomic E-state index is -0.572. The van der Waals surface area contributed by atoms with Crippen molar-refractivity contribution in [1.82, 2.24) is 15.4 Å². The molecule has 7 heteroatoms. The predicted molar refractivity (Wildman–Crippen MR) is 65.4 cm³/mol. The van der Waals surface area contributed by atoms with Crippen LogP contribution in [0.3, 0.4) is 0 Å². The Morgan fingerprint density at radius 2 is 2.28 bits per heavy atom. The van der Waals surface area contributed by atoms with Gasteiger partial charge >= 0.3 is 5.97 Å². The molecule has 0 aliphatic carbocycles. The summed E-state index contributed by atoms with van der Waals surface area (Å²) in [6.07, 6.45) is 0. The Bertz CT molecular complexity index is 585. The molecular formula is C11H9BrFN3O2. The molecule has 2 rings (SSSR count). The minimum Gasteiger partial charge on any atom is -0.461 e. The van der Waals surface area contributed by atoms with Crippen LogP contribution in [0.25, 0.3) is 11.3 Å². The molecule has 0 radical (unpaired) electrons. The highest BCUT2D eigenvalue weighted by atomic mass is 79.9. The number of nitrogens with one attached hydrogen (secondary N) is 1. The first-order valence-electron chi connectivity index (χ1n) is 5.16. The van der Waals surface area contributed by atoms with E-state index >= 15 is 0 Å². The molecule has 0 aliphatic heterocycles. The van der Waals surface area contributed by atoms with Crippen molar-refractivity contribution in [2.24, 2.45) is 0 Å². The summed E-state index contributed by atoms with van der Waals surface area (Å²) in [5.41, 5.74) is 0.956. The highest BCUT2D eigenvalue weighted by Gasteiger charge is 2.20. The Hall–Kier alpha value is -1.76. The molecule has 0 aliphatic rings. The van der Waals surface area contributed by atoms with E-state index in [2.05, 4.69) is 31.3 Å². The van der Waals surface area contributed by atoms with E-state index in [4.69, 9.17) is 4.74 Å². The van der Waals surface area contributed by atoms with Gasteiger partial charge in [-0.1, -0.05) is 0 Å². The van der Waals surface area contributed by atoms with Gasteiger partial charge in [-0.2, -0.15) is 10.3 Å². The molecule has 1 aromatic carbocycles. The first-order chi connectivity index (χ1) is 8.63. The fraction of sp³-hybridized carbons (Fsp3) is 0.182. The van der Waals surface area contributed by atoms with Crippen LogP contribution < -0.4 is 0 Å². The molecule has 0 amide bonds. The number of carbonyl (C=O) groups is 1. The summed E-state index contributed by atoms with van der Waals surface area (Å²) in [7, 11) is 0. The summed E-state index contributed by atoms with van der Waals surface area (Å²) >= 11 is 3.22. The Morgan fingerprint density at radius 3 is 2.94 bits per heavy atom. The predicted octanol–water partition coefficient (Wildman–Crippen LogP) is 2.55. The molecule has 0 saturated carbocycles. The lowest BCUT2D eigenvalue weighted by Gasteiger charge is -2.03. The first-order valence-corrected chi connectivity index (χ1v) is 5.96. The Morgan fingerprint density at radius 1 is 1.50 bits per heavy atom. The summed E-state index contributed by atoms with van der Waals surface area (Å²) in [6.45, 7) is 1.95. The van der Waals surface area contributed by atoms with Crippen LogP contribution in [0, 0.1) is 5.82 Å². The molecule has 0 bridgehead atoms. The third-order valence-corrected chi connectivity index (χ3v) is 2.86. The molecule has 5 nitrogen and oxygen atoms in total. The van der Waals surface area contributed by atoms with Crippen LogP contribution in [0.15, 0.2) is 22.7 Å². The Kier molecular flexibility index (Phi) is 3.71. The van der Waals surface area contributed by atoms with Gasteiger partial charge in [-0.3, -0.25) is 0 Å². The van der Waals surface area contributed by atoms with Gasteiger partial charge in [-0.25, -0.2) is 9.18 Å². The lowest BCUT2D eigenvalue weighted by Crippen LogP contribution is -2.06. The third-order valence-electron chi connectivity index (χ3n) is 2.20. The highest BCUT2D eigenvalue weighted by molar-refractivity contribution is 9.10. The number of benzene rings is 1. The summed E-state index contributed by atoms with van der Waals surface area (Å²) < 4.78 is 18.4. The molecule has 1 heterocycles. The standard InChI is InChI=1S/C11H9BrFN3O2/c1-2-18-11(17)10-9(14-16-15-10)7-4-3-6(13)5-8(7)12/h3-5H,2H2,1H3,(H,14,15,16). The number of hydrogen-bond acceptors (Lipinski definition) is 4. The number of esters is 1. The van der Waals surface area contributed by atoms with Gasteiger partial charge in [-0.15, -0.1) is 5.10 Å². The number of H-pyrrole nitrogens is 1. The maximum atomic E-state index is 13.0. The number of nitrogens with zero attached hydrogens (tertiary/aromatic N) is 2. The van der Waals surface area contributed by atoms with Crippen molar-refractivity contribution in [1.29, 1.82) is 0 Å². The highest BCUT2D eigenvalue weighted by Crippen LogP contribution is 2.29. The Balaban J connectivity index is 2.45. The number of aromatic nitrogens is 3. The molecule has 94 valence electrons. The molecular weight excluding hydrogens is 305 g/mol. The zero-order valence-electron chi connectivity index (χ0n) is 9.41. The largest absolute Gasteiger partial charge is 0.461 e. The lowest BCUT2D eigenvalue weighted by atomic mass is 10.1. The average molecular weight is 314 g/mol. The molecule has 0 saturated heterocycles. The molecule has 18 heavy (non-hydrogen) atoms. The van der Waals surface area contributed by atoms with E-state index < -0.39 is 5.97 Å². The van der Waals surface area contributed by atoms with Gasteiger partial charge in [0, 0.05) is 10.0 Å². The van der Waals surface area contributed by atoms with E-state index in [0.29, 0.717) is 15.7 Å². The molecule has 1 N–H and O–H groups in total. The number of hydrogen-bond donors (Lipinski definition) is 1. The van der Waals surface area contributed by atoms with Gasteiger partial charge in [0.1, 0.15) is 11.5 Å². The molecule has 0 unspecified atom stereocenters. The molecule has 1 aromatic heterocycles. The van der Waals surface area contributed by atoms with Crippen LogP contribution in [0.2, 0.25) is 0 Å². The van der Waals surface area contributed by atoms with Crippen LogP contribution in [0.4, 0.5) is 4.39 Å². The zero-order valence-corrected chi connectivity index (χ0v) is 11.0. The maximum absolute atomic E-state index is 13.0. The second kappa shape index (κ2) is 5.26. The molecule has 2 aromatic rings. The smallest absolute Gasteiger partial charge is 0.361 e. The van der Waals surface area contributed by atoms with Gasteiger partial charge in [-0.05, 0) is 41.1 Å². The van der Waals surface area contributed by atoms with E-state index in [0.717, 1.165) is 0 Å². The minimum absolute atomic E-state index is 0.0733. The van der Waals surface area contributed by atoms with Gasteiger partial charge in [0.05, 0.1) is 6.61 Å². The number of carbonyl (C=O) groups excluding carboxylic acids is 1. The quantitative estimate of drug-likeness (QED) is 0.884. The molecule has 0 fully saturated rings. The number of halogens is 2. The summed E-state index contributed by atoms with van der Waals surface area (Å²) in [4.78, 5) is 11.6. The van der Waals surface area contributed by atoms with Gasteiger partial charge < -0.3 is 4.74 Å². The van der Waals surface area contributed by atoms with Crippen molar-refractivity contribution < 1.29 is 13.9 Å². The maximum Gasteiger partial charge on any atom is 0.361 e. The first kappa shape index (κ1) is 12.7. The van der Waals surface area contributed by atoms with Crippen LogP contribution in [-0.2, 0) is 4.74 Å². The summed E-state index contributed by atoms with van der Waals surface area (Å²) in [6, 6.07) is 4.09. The van der Waals surface area contributed by atoms with E-state index in [-0.39, 0.29) is 18.1 Å². The number of rotatable bonds is 3. The molecule has 0 spiro atoms. The zero-order chi connectivity index (χ0) is 13.1. The number of ether oxygens (including phenoxy) is 1. The lowest BCUT2D eigenvalue weighted by molar-refractivity contribution is 0.0520. The van der Waals surface area contributed by atoms with Crippen molar-refractivity contribution in [3.63, 3.8) is 0 Å². The van der Waals surface area contributed by atoms with Crippen LogP contribution >= 0.6 is 15.9 Å². The van der Waals surface area contributed by atoms with E-state index in [1.807, 2.05) is 0 Å². The summed E-state index contributed by atoms with van der Waals surface area (Å²) in [5.74, 6) is -0.954. The van der Waals surface area contributed by atoms with Crippen molar-refractivity contribution in [3.05, 3.63) is 34.2 Å². The normalized spacial score (nSPS) is 10.4. The molecule has 0 atom stereocenters. The van der Waals surface area contributed by atoms with Crippen LogP contribution in [0.5, 0.6) is 0 Å². The summed E-state index contributed by atoms with van der Waals surface area (Å²) in [5, 5.41) is 10.0. The third kappa shape index (κ3) is 2.40. The van der Waals surface area contributed by atoms with Crippen LogP contribution in [0.1, 0.15) is 17.4 Å². The topological polar surface area (TPSA) is 67.9 Å². The SMILES string of the molecule is CCOC(=O)c1n[nH]nc1-c1ccc(F)cc1Br. The monoisotopic (exact) mass is 313 g/mol. The second-order valence-electron chi connectivity index (χ2n) is 3.37. The van der Waals surface area contributed by atoms with Crippen LogP contribution in [-0.4, -0.2) is 28.0 Å².